The number of benzene rings is 2. The van der Waals surface area contributed by atoms with Crippen molar-refractivity contribution in [3.05, 3.63) is 84.4 Å². The van der Waals surface area contributed by atoms with Gasteiger partial charge in [-0.05, 0) is 31.2 Å². The third kappa shape index (κ3) is 4.52. The number of hydrogen-bond acceptors (Lipinski definition) is 11. The van der Waals surface area contributed by atoms with Gasteiger partial charge in [-0.2, -0.15) is 0 Å². The van der Waals surface area contributed by atoms with Gasteiger partial charge in [0.05, 0.1) is 17.5 Å². The molecule has 1 fully saturated rings. The van der Waals surface area contributed by atoms with Gasteiger partial charge in [0, 0.05) is 6.92 Å². The molecule has 2 aromatic carbocycles. The minimum absolute atomic E-state index is 0.123. The van der Waals surface area contributed by atoms with E-state index in [0.717, 1.165) is 0 Å². The molecule has 2 aromatic heterocycles. The number of rotatable bonds is 6. The van der Waals surface area contributed by atoms with Crippen molar-refractivity contribution in [3.8, 4) is 0 Å². The van der Waals surface area contributed by atoms with Crippen molar-refractivity contribution < 1.29 is 33.3 Å². The number of fused-ring (bicyclic) bond motifs is 1. The Morgan fingerprint density at radius 3 is 2.18 bits per heavy atom. The Morgan fingerprint density at radius 2 is 1.55 bits per heavy atom. The monoisotopic (exact) mass is 517 g/mol. The average molecular weight is 517 g/mol. The van der Waals surface area contributed by atoms with Crippen molar-refractivity contribution in [2.75, 3.05) is 5.73 Å². The number of carbonyl (C=O) groups excluding carboxylic acids is 3. The van der Waals surface area contributed by atoms with Gasteiger partial charge in [-0.25, -0.2) is 24.5 Å². The van der Waals surface area contributed by atoms with Crippen molar-refractivity contribution in [1.29, 1.82) is 0 Å². The minimum atomic E-state index is -1.73. The zero-order valence-corrected chi connectivity index (χ0v) is 20.4. The Balaban J connectivity index is 1.61. The molecule has 194 valence electrons. The van der Waals surface area contributed by atoms with E-state index in [9.17, 15) is 14.4 Å². The number of carbonyl (C=O) groups is 3. The summed E-state index contributed by atoms with van der Waals surface area (Å²) in [6, 6.07) is 16.5. The summed E-state index contributed by atoms with van der Waals surface area (Å²) in [4.78, 5) is 50.8. The van der Waals surface area contributed by atoms with Gasteiger partial charge >= 0.3 is 17.9 Å². The lowest BCUT2D eigenvalue weighted by Gasteiger charge is -2.34. The molecule has 38 heavy (non-hydrogen) atoms. The SMILES string of the molecule is CC(=O)O[C@@H]1O[C@@H](n2cnc3c(N)ncnc32)[C@](C)(OC(=O)c2ccccc2)[C@@H]1OC(=O)c1ccccc1. The molecular formula is C26H23N5O7. The number of nitrogens with two attached hydrogens (primary N) is 1. The highest BCUT2D eigenvalue weighted by atomic mass is 16.8. The van der Waals surface area contributed by atoms with E-state index in [1.165, 1.54) is 31.1 Å². The zero-order chi connectivity index (χ0) is 26.9. The molecule has 1 saturated heterocycles. The number of nitrogen functional groups attached to an aromatic ring is 1. The zero-order valence-electron chi connectivity index (χ0n) is 20.4. The van der Waals surface area contributed by atoms with Crippen LogP contribution in [-0.2, 0) is 23.7 Å². The Kier molecular flexibility index (Phi) is 6.47. The molecule has 0 aliphatic carbocycles. The van der Waals surface area contributed by atoms with Gasteiger partial charge in [0.1, 0.15) is 11.8 Å². The van der Waals surface area contributed by atoms with Gasteiger partial charge in [-0.15, -0.1) is 0 Å². The first-order chi connectivity index (χ1) is 18.3. The van der Waals surface area contributed by atoms with E-state index in [1.54, 1.807) is 60.7 Å². The lowest BCUT2D eigenvalue weighted by Crippen LogP contribution is -2.50. The average Bonchev–Trinajstić information content (AvgIpc) is 3.45. The Bertz CT molecular complexity index is 1490. The number of hydrogen-bond donors (Lipinski definition) is 1. The van der Waals surface area contributed by atoms with Gasteiger partial charge in [0.25, 0.3) is 0 Å². The van der Waals surface area contributed by atoms with Crippen molar-refractivity contribution in [2.45, 2.75) is 38.1 Å². The van der Waals surface area contributed by atoms with E-state index >= 15 is 0 Å². The maximum Gasteiger partial charge on any atom is 0.338 e. The summed E-state index contributed by atoms with van der Waals surface area (Å²) in [5.41, 5.74) is 5.25. The highest BCUT2D eigenvalue weighted by Gasteiger charge is 2.62. The Morgan fingerprint density at radius 1 is 0.921 bits per heavy atom. The van der Waals surface area contributed by atoms with Crippen LogP contribution in [0.1, 0.15) is 40.8 Å². The van der Waals surface area contributed by atoms with E-state index in [4.69, 9.17) is 24.7 Å². The number of esters is 3. The molecule has 5 rings (SSSR count). The minimum Gasteiger partial charge on any atom is -0.448 e. The van der Waals surface area contributed by atoms with Crippen LogP contribution >= 0.6 is 0 Å². The third-order valence-electron chi connectivity index (χ3n) is 6.05. The summed E-state index contributed by atoms with van der Waals surface area (Å²) in [6.07, 6.45) is -1.40. The molecule has 3 heterocycles. The summed E-state index contributed by atoms with van der Waals surface area (Å²) < 4.78 is 24.8. The Hall–Kier alpha value is -4.84. The van der Waals surface area contributed by atoms with Gasteiger partial charge < -0.3 is 24.7 Å². The maximum absolute atomic E-state index is 13.3. The summed E-state index contributed by atoms with van der Waals surface area (Å²) in [6.45, 7) is 2.70. The summed E-state index contributed by atoms with van der Waals surface area (Å²) in [7, 11) is 0. The molecule has 0 spiro atoms. The fourth-order valence-corrected chi connectivity index (χ4v) is 4.25. The first kappa shape index (κ1) is 24.8. The second-order valence-electron chi connectivity index (χ2n) is 8.68. The maximum atomic E-state index is 13.3. The van der Waals surface area contributed by atoms with E-state index in [1.807, 2.05) is 0 Å². The van der Waals surface area contributed by atoms with Crippen molar-refractivity contribution >= 4 is 34.9 Å². The lowest BCUT2D eigenvalue weighted by molar-refractivity contribution is -0.191. The van der Waals surface area contributed by atoms with E-state index in [-0.39, 0.29) is 28.1 Å². The fraction of sp³-hybridized carbons (Fsp3) is 0.231. The largest absolute Gasteiger partial charge is 0.448 e. The van der Waals surface area contributed by atoms with Gasteiger partial charge in [-0.3, -0.25) is 9.36 Å². The summed E-state index contributed by atoms with van der Waals surface area (Å²) in [5.74, 6) is -2.03. The number of imidazole rings is 1. The van der Waals surface area contributed by atoms with E-state index < -0.39 is 42.1 Å². The molecule has 1 aliphatic heterocycles. The third-order valence-corrected chi connectivity index (χ3v) is 6.05. The summed E-state index contributed by atoms with van der Waals surface area (Å²) in [5, 5.41) is 0. The van der Waals surface area contributed by atoms with Crippen LogP contribution in [0.4, 0.5) is 5.82 Å². The topological polar surface area (TPSA) is 158 Å². The van der Waals surface area contributed by atoms with E-state index in [2.05, 4.69) is 15.0 Å². The quantitative estimate of drug-likeness (QED) is 0.296. The van der Waals surface area contributed by atoms with Crippen LogP contribution in [0.5, 0.6) is 0 Å². The van der Waals surface area contributed by atoms with Crippen LogP contribution in [-0.4, -0.2) is 55.4 Å². The standard InChI is InChI=1S/C26H23N5O7/c1-15(32)35-24-19(36-22(33)16-9-5-3-6-10-16)26(2,38-23(34)17-11-7-4-8-12-17)25(37-24)31-14-30-18-20(27)28-13-29-21(18)31/h3-14,19,24-25H,1-2H3,(H2,27,28,29)/t19-,24-,25-,26-/m1/s1. The Labute approximate surface area is 216 Å². The number of aromatic nitrogens is 4. The second kappa shape index (κ2) is 9.90. The van der Waals surface area contributed by atoms with Gasteiger partial charge in [-0.1, -0.05) is 36.4 Å². The summed E-state index contributed by atoms with van der Waals surface area (Å²) >= 11 is 0. The molecule has 1 aliphatic rings. The predicted octanol–water partition coefficient (Wildman–Crippen LogP) is 2.67. The van der Waals surface area contributed by atoms with Crippen molar-refractivity contribution in [1.82, 2.24) is 19.5 Å². The van der Waals surface area contributed by atoms with Crippen LogP contribution in [0.3, 0.4) is 0 Å². The molecule has 12 nitrogen and oxygen atoms in total. The molecule has 12 heteroatoms. The van der Waals surface area contributed by atoms with Crippen LogP contribution in [0.15, 0.2) is 73.3 Å². The van der Waals surface area contributed by atoms with Crippen LogP contribution in [0.2, 0.25) is 0 Å². The van der Waals surface area contributed by atoms with Crippen molar-refractivity contribution in [3.63, 3.8) is 0 Å². The normalized spacial score (nSPS) is 22.6. The number of anilines is 1. The van der Waals surface area contributed by atoms with E-state index in [0.29, 0.717) is 0 Å². The highest BCUT2D eigenvalue weighted by Crippen LogP contribution is 2.45. The van der Waals surface area contributed by atoms with Crippen LogP contribution in [0, 0.1) is 0 Å². The van der Waals surface area contributed by atoms with Gasteiger partial charge in [0.2, 0.25) is 12.4 Å². The number of nitrogens with zero attached hydrogens (tertiary/aromatic N) is 4. The van der Waals surface area contributed by atoms with Crippen molar-refractivity contribution in [2.24, 2.45) is 0 Å². The first-order valence-corrected chi connectivity index (χ1v) is 11.6. The smallest absolute Gasteiger partial charge is 0.338 e. The molecular weight excluding hydrogens is 494 g/mol. The molecule has 4 aromatic rings. The van der Waals surface area contributed by atoms with Gasteiger partial charge in [0.15, 0.2) is 23.3 Å². The molecule has 2 N–H and O–H groups in total. The second-order valence-corrected chi connectivity index (χ2v) is 8.68. The van der Waals surface area contributed by atoms with Crippen LogP contribution < -0.4 is 5.73 Å². The lowest BCUT2D eigenvalue weighted by atomic mass is 9.97. The highest BCUT2D eigenvalue weighted by molar-refractivity contribution is 5.90. The van der Waals surface area contributed by atoms with Crippen LogP contribution in [0.25, 0.3) is 11.2 Å². The molecule has 4 atom stereocenters. The number of ether oxygens (including phenoxy) is 4. The predicted molar refractivity (Wildman–Crippen MR) is 131 cm³/mol. The molecule has 0 amide bonds. The molecule has 0 bridgehead atoms. The molecule has 0 saturated carbocycles. The molecule has 0 unspecified atom stereocenters. The molecule has 0 radical (unpaired) electrons. The fourth-order valence-electron chi connectivity index (χ4n) is 4.25. The first-order valence-electron chi connectivity index (χ1n) is 11.6.